The third-order valence-corrected chi connectivity index (χ3v) is 2.98. The summed E-state index contributed by atoms with van der Waals surface area (Å²) in [6.07, 6.45) is 2.98. The van der Waals surface area contributed by atoms with Gasteiger partial charge < -0.3 is 10.6 Å². The van der Waals surface area contributed by atoms with Crippen LogP contribution < -0.4 is 10.6 Å². The maximum Gasteiger partial charge on any atom is 0.147 e. The molecule has 1 aliphatic rings. The van der Waals surface area contributed by atoms with E-state index in [4.69, 9.17) is 5.73 Å². The first-order chi connectivity index (χ1) is 6.68. The van der Waals surface area contributed by atoms with Gasteiger partial charge in [-0.1, -0.05) is 5.21 Å². The molecule has 0 aliphatic carbocycles. The largest absolute Gasteiger partial charge is 0.355 e. The minimum atomic E-state index is 0.279. The summed E-state index contributed by atoms with van der Waals surface area (Å²) in [6.45, 7) is 4.17. The molecule has 0 radical (unpaired) electrons. The Balaban J connectivity index is 2.06. The topological polar surface area (TPSA) is 60.0 Å². The Kier molecular flexibility index (Phi) is 2.41. The summed E-state index contributed by atoms with van der Waals surface area (Å²) in [7, 11) is 1.92. The fraction of sp³-hybridized carbons (Fsp3) is 0.778. The van der Waals surface area contributed by atoms with E-state index in [0.717, 1.165) is 18.9 Å². The predicted octanol–water partition coefficient (Wildman–Crippen LogP) is -0.0114. The summed E-state index contributed by atoms with van der Waals surface area (Å²) >= 11 is 0. The van der Waals surface area contributed by atoms with Crippen molar-refractivity contribution in [2.75, 3.05) is 18.0 Å². The number of nitrogens with two attached hydrogens (primary N) is 1. The minimum absolute atomic E-state index is 0.279. The molecule has 1 aromatic rings. The maximum atomic E-state index is 5.89. The van der Waals surface area contributed by atoms with Crippen LogP contribution in [0.4, 0.5) is 5.82 Å². The molecule has 78 valence electrons. The molecular weight excluding hydrogens is 178 g/mol. The lowest BCUT2D eigenvalue weighted by molar-refractivity contribution is 0.487. The lowest BCUT2D eigenvalue weighted by Crippen LogP contribution is -2.30. The van der Waals surface area contributed by atoms with Crippen LogP contribution in [0.15, 0.2) is 6.20 Å². The van der Waals surface area contributed by atoms with Crippen LogP contribution in [0, 0.1) is 5.92 Å². The van der Waals surface area contributed by atoms with Crippen LogP contribution in [0.2, 0.25) is 0 Å². The molecule has 14 heavy (non-hydrogen) atoms. The van der Waals surface area contributed by atoms with Crippen molar-refractivity contribution in [3.05, 3.63) is 6.20 Å². The first kappa shape index (κ1) is 9.45. The van der Waals surface area contributed by atoms with Crippen LogP contribution in [-0.2, 0) is 7.05 Å². The van der Waals surface area contributed by atoms with Crippen LogP contribution in [0.1, 0.15) is 13.3 Å². The van der Waals surface area contributed by atoms with Gasteiger partial charge in [-0.05, 0) is 19.3 Å². The van der Waals surface area contributed by atoms with E-state index in [2.05, 4.69) is 22.1 Å². The molecule has 0 saturated carbocycles. The Labute approximate surface area is 83.9 Å². The smallest absolute Gasteiger partial charge is 0.147 e. The van der Waals surface area contributed by atoms with E-state index in [1.165, 1.54) is 6.42 Å². The van der Waals surface area contributed by atoms with Gasteiger partial charge in [-0.2, -0.15) is 0 Å². The number of rotatable bonds is 2. The second-order valence-corrected chi connectivity index (χ2v) is 4.07. The molecule has 5 nitrogen and oxygen atoms in total. The van der Waals surface area contributed by atoms with Crippen LogP contribution in [0.25, 0.3) is 0 Å². The summed E-state index contributed by atoms with van der Waals surface area (Å²) in [5.41, 5.74) is 5.89. The number of nitrogens with zero attached hydrogens (tertiary/aromatic N) is 4. The molecule has 1 aromatic heterocycles. The van der Waals surface area contributed by atoms with Crippen LogP contribution >= 0.6 is 0 Å². The molecule has 0 amide bonds. The van der Waals surface area contributed by atoms with Crippen molar-refractivity contribution < 1.29 is 0 Å². The van der Waals surface area contributed by atoms with Crippen molar-refractivity contribution in [1.29, 1.82) is 0 Å². The van der Waals surface area contributed by atoms with Gasteiger partial charge in [0.25, 0.3) is 0 Å². The summed E-state index contributed by atoms with van der Waals surface area (Å²) in [5, 5.41) is 7.80. The highest BCUT2D eigenvalue weighted by Gasteiger charge is 2.26. The lowest BCUT2D eigenvalue weighted by Gasteiger charge is -2.18. The Morgan fingerprint density at radius 2 is 2.43 bits per heavy atom. The molecule has 2 unspecified atom stereocenters. The number of hydrogen-bond acceptors (Lipinski definition) is 4. The van der Waals surface area contributed by atoms with E-state index in [1.807, 2.05) is 17.9 Å². The molecule has 5 heteroatoms. The molecule has 2 rings (SSSR count). The highest BCUT2D eigenvalue weighted by molar-refractivity contribution is 5.37. The van der Waals surface area contributed by atoms with Crippen molar-refractivity contribution in [1.82, 2.24) is 15.0 Å². The van der Waals surface area contributed by atoms with Gasteiger partial charge in [-0.3, -0.25) is 0 Å². The van der Waals surface area contributed by atoms with E-state index in [-0.39, 0.29) is 6.04 Å². The molecule has 1 aliphatic heterocycles. The quantitative estimate of drug-likeness (QED) is 0.721. The zero-order valence-corrected chi connectivity index (χ0v) is 8.72. The van der Waals surface area contributed by atoms with E-state index >= 15 is 0 Å². The fourth-order valence-corrected chi connectivity index (χ4v) is 2.00. The van der Waals surface area contributed by atoms with Crippen LogP contribution in [-0.4, -0.2) is 34.1 Å². The van der Waals surface area contributed by atoms with E-state index < -0.39 is 0 Å². The van der Waals surface area contributed by atoms with Crippen molar-refractivity contribution in [2.24, 2.45) is 18.7 Å². The monoisotopic (exact) mass is 195 g/mol. The zero-order valence-electron chi connectivity index (χ0n) is 8.72. The average molecular weight is 195 g/mol. The van der Waals surface area contributed by atoms with Crippen LogP contribution in [0.3, 0.4) is 0 Å². The summed E-state index contributed by atoms with van der Waals surface area (Å²) in [4.78, 5) is 2.30. The molecule has 0 bridgehead atoms. The molecular formula is C9H17N5. The average Bonchev–Trinajstić information content (AvgIpc) is 2.71. The number of aromatic nitrogens is 3. The van der Waals surface area contributed by atoms with Crippen LogP contribution in [0.5, 0.6) is 0 Å². The van der Waals surface area contributed by atoms with E-state index in [0.29, 0.717) is 5.92 Å². The normalized spacial score (nSPS) is 24.2. The molecule has 0 aromatic carbocycles. The summed E-state index contributed by atoms with van der Waals surface area (Å²) in [5.74, 6) is 1.69. The summed E-state index contributed by atoms with van der Waals surface area (Å²) < 4.78 is 1.81. The van der Waals surface area contributed by atoms with Gasteiger partial charge in [0, 0.05) is 26.2 Å². The highest BCUT2D eigenvalue weighted by Crippen LogP contribution is 2.23. The fourth-order valence-electron chi connectivity index (χ4n) is 2.00. The first-order valence-corrected chi connectivity index (χ1v) is 5.03. The van der Waals surface area contributed by atoms with Crippen molar-refractivity contribution in [2.45, 2.75) is 19.4 Å². The Hall–Kier alpha value is -1.10. The lowest BCUT2D eigenvalue weighted by atomic mass is 10.0. The number of hydrogen-bond donors (Lipinski definition) is 1. The second kappa shape index (κ2) is 3.57. The SMILES string of the molecule is CC(N)C1CCN(c2cnnn2C)C1. The van der Waals surface area contributed by atoms with Gasteiger partial charge in [-0.15, -0.1) is 5.10 Å². The first-order valence-electron chi connectivity index (χ1n) is 5.03. The van der Waals surface area contributed by atoms with Crippen molar-refractivity contribution in [3.8, 4) is 0 Å². The van der Waals surface area contributed by atoms with Crippen molar-refractivity contribution in [3.63, 3.8) is 0 Å². The molecule has 2 atom stereocenters. The highest BCUT2D eigenvalue weighted by atomic mass is 15.5. The molecule has 2 N–H and O–H groups in total. The minimum Gasteiger partial charge on any atom is -0.355 e. The van der Waals surface area contributed by atoms with E-state index in [1.54, 1.807) is 0 Å². The van der Waals surface area contributed by atoms with Gasteiger partial charge >= 0.3 is 0 Å². The summed E-state index contributed by atoms with van der Waals surface area (Å²) in [6, 6.07) is 0.279. The van der Waals surface area contributed by atoms with Gasteiger partial charge in [0.15, 0.2) is 0 Å². The standard InChI is InChI=1S/C9H17N5/c1-7(10)8-3-4-14(6-8)9-5-11-12-13(9)2/h5,7-8H,3-4,6,10H2,1-2H3. The molecule has 1 fully saturated rings. The van der Waals surface area contributed by atoms with Gasteiger partial charge in [0.05, 0.1) is 6.20 Å². The maximum absolute atomic E-state index is 5.89. The number of anilines is 1. The molecule has 2 heterocycles. The Morgan fingerprint density at radius 3 is 2.93 bits per heavy atom. The van der Waals surface area contributed by atoms with Crippen molar-refractivity contribution >= 4 is 5.82 Å². The number of aryl methyl sites for hydroxylation is 1. The van der Waals surface area contributed by atoms with Gasteiger partial charge in [-0.25, -0.2) is 4.68 Å². The third kappa shape index (κ3) is 1.59. The predicted molar refractivity (Wildman–Crippen MR) is 55.0 cm³/mol. The van der Waals surface area contributed by atoms with Gasteiger partial charge in [0.2, 0.25) is 0 Å². The third-order valence-electron chi connectivity index (χ3n) is 2.98. The Morgan fingerprint density at radius 1 is 1.64 bits per heavy atom. The van der Waals surface area contributed by atoms with E-state index in [9.17, 15) is 0 Å². The molecule has 0 spiro atoms. The Bertz CT molecular complexity index is 306. The van der Waals surface area contributed by atoms with Gasteiger partial charge in [0.1, 0.15) is 5.82 Å². The second-order valence-electron chi connectivity index (χ2n) is 4.07. The molecule has 1 saturated heterocycles. The zero-order chi connectivity index (χ0) is 10.1.